The molecular formula is C13H11ClN2O2. The van der Waals surface area contributed by atoms with Crippen molar-refractivity contribution in [1.29, 1.82) is 0 Å². The topological polar surface area (TPSA) is 62.0 Å². The Bertz CT molecular complexity index is 561. The molecule has 0 saturated carbocycles. The Morgan fingerprint density at radius 3 is 2.56 bits per heavy atom. The van der Waals surface area contributed by atoms with Gasteiger partial charge >= 0.3 is 0 Å². The van der Waals surface area contributed by atoms with Gasteiger partial charge in [-0.25, -0.2) is 0 Å². The largest absolute Gasteiger partial charge is 0.348 e. The Hall–Kier alpha value is -2.07. The Balaban J connectivity index is 1.95. The molecule has 0 fully saturated rings. The van der Waals surface area contributed by atoms with Crippen LogP contribution in [0.15, 0.2) is 36.4 Å². The summed E-state index contributed by atoms with van der Waals surface area (Å²) < 4.78 is 0. The van der Waals surface area contributed by atoms with E-state index in [1.807, 2.05) is 12.1 Å². The van der Waals surface area contributed by atoms with Crippen molar-refractivity contribution in [3.8, 4) is 0 Å². The highest BCUT2D eigenvalue weighted by atomic mass is 35.5. The van der Waals surface area contributed by atoms with Crippen molar-refractivity contribution >= 4 is 23.8 Å². The lowest BCUT2D eigenvalue weighted by molar-refractivity contribution is 0.0946. The van der Waals surface area contributed by atoms with E-state index in [0.29, 0.717) is 29.2 Å². The van der Waals surface area contributed by atoms with Crippen LogP contribution in [-0.2, 0) is 6.54 Å². The summed E-state index contributed by atoms with van der Waals surface area (Å²) in [5.41, 5.74) is 1.70. The predicted octanol–water partition coefficient (Wildman–Crippen LogP) is 2.41. The fourth-order valence-electron chi connectivity index (χ4n) is 1.49. The first-order valence-corrected chi connectivity index (χ1v) is 5.73. The molecule has 1 aromatic heterocycles. The number of halogens is 1. The lowest BCUT2D eigenvalue weighted by atomic mass is 10.2. The number of aromatic amines is 1. The molecule has 0 bridgehead atoms. The van der Waals surface area contributed by atoms with E-state index in [4.69, 9.17) is 11.6 Å². The molecule has 4 nitrogen and oxygen atoms in total. The zero-order valence-corrected chi connectivity index (χ0v) is 10.2. The van der Waals surface area contributed by atoms with Crippen molar-refractivity contribution in [2.45, 2.75) is 6.54 Å². The van der Waals surface area contributed by atoms with E-state index < -0.39 is 0 Å². The summed E-state index contributed by atoms with van der Waals surface area (Å²) in [6.07, 6.45) is 0.663. The van der Waals surface area contributed by atoms with E-state index in [1.165, 1.54) is 0 Å². The van der Waals surface area contributed by atoms with Gasteiger partial charge in [-0.1, -0.05) is 23.7 Å². The molecule has 0 spiro atoms. The van der Waals surface area contributed by atoms with Gasteiger partial charge < -0.3 is 10.3 Å². The van der Waals surface area contributed by atoms with Gasteiger partial charge in [-0.2, -0.15) is 0 Å². The van der Waals surface area contributed by atoms with Crippen molar-refractivity contribution in [3.63, 3.8) is 0 Å². The predicted molar refractivity (Wildman–Crippen MR) is 68.8 cm³/mol. The highest BCUT2D eigenvalue weighted by Gasteiger charge is 2.07. The highest BCUT2D eigenvalue weighted by Crippen LogP contribution is 2.09. The average molecular weight is 263 g/mol. The zero-order valence-electron chi connectivity index (χ0n) is 9.44. The molecule has 0 unspecified atom stereocenters. The smallest absolute Gasteiger partial charge is 0.267 e. The lowest BCUT2D eigenvalue weighted by Crippen LogP contribution is -2.23. The van der Waals surface area contributed by atoms with E-state index in [9.17, 15) is 9.59 Å². The molecule has 1 aromatic carbocycles. The monoisotopic (exact) mass is 262 g/mol. The number of hydrogen-bond donors (Lipinski definition) is 2. The Morgan fingerprint density at radius 2 is 1.94 bits per heavy atom. The van der Waals surface area contributed by atoms with Gasteiger partial charge in [0.05, 0.1) is 5.69 Å². The second-order valence-corrected chi connectivity index (χ2v) is 4.19. The van der Waals surface area contributed by atoms with Crippen molar-refractivity contribution < 1.29 is 9.59 Å². The van der Waals surface area contributed by atoms with E-state index in [-0.39, 0.29) is 5.91 Å². The number of aldehydes is 1. The van der Waals surface area contributed by atoms with E-state index in [0.717, 1.165) is 5.56 Å². The Labute approximate surface area is 109 Å². The molecule has 0 radical (unpaired) electrons. The van der Waals surface area contributed by atoms with Crippen LogP contribution in [0.5, 0.6) is 0 Å². The van der Waals surface area contributed by atoms with Crippen LogP contribution in [0.3, 0.4) is 0 Å². The van der Waals surface area contributed by atoms with Gasteiger partial charge in [0.1, 0.15) is 5.69 Å². The van der Waals surface area contributed by atoms with Gasteiger partial charge in [-0.3, -0.25) is 9.59 Å². The molecule has 0 aliphatic heterocycles. The van der Waals surface area contributed by atoms with E-state index >= 15 is 0 Å². The van der Waals surface area contributed by atoms with Gasteiger partial charge in [0, 0.05) is 11.6 Å². The second kappa shape index (κ2) is 5.51. The van der Waals surface area contributed by atoms with Gasteiger partial charge in [0.15, 0.2) is 6.29 Å². The van der Waals surface area contributed by atoms with Crippen molar-refractivity contribution in [2.24, 2.45) is 0 Å². The molecule has 0 aliphatic carbocycles. The number of aromatic nitrogens is 1. The SMILES string of the molecule is O=Cc1ccc(C(=O)NCc2ccc(Cl)cc2)[nH]1. The zero-order chi connectivity index (χ0) is 13.0. The van der Waals surface area contributed by atoms with Crippen LogP contribution in [0, 0.1) is 0 Å². The van der Waals surface area contributed by atoms with Crippen LogP contribution < -0.4 is 5.32 Å². The molecule has 1 heterocycles. The van der Waals surface area contributed by atoms with Gasteiger partial charge in [-0.15, -0.1) is 0 Å². The molecule has 5 heteroatoms. The van der Waals surface area contributed by atoms with Gasteiger partial charge in [0.25, 0.3) is 5.91 Å². The molecule has 2 N–H and O–H groups in total. The van der Waals surface area contributed by atoms with Gasteiger partial charge in [0.2, 0.25) is 0 Å². The van der Waals surface area contributed by atoms with Crippen LogP contribution in [0.2, 0.25) is 5.02 Å². The number of carbonyl (C=O) groups is 2. The summed E-state index contributed by atoms with van der Waals surface area (Å²) in [7, 11) is 0. The third kappa shape index (κ3) is 2.99. The molecule has 92 valence electrons. The number of benzene rings is 1. The highest BCUT2D eigenvalue weighted by molar-refractivity contribution is 6.30. The lowest BCUT2D eigenvalue weighted by Gasteiger charge is -2.04. The first kappa shape index (κ1) is 12.4. The second-order valence-electron chi connectivity index (χ2n) is 3.75. The Morgan fingerprint density at radius 1 is 1.22 bits per heavy atom. The van der Waals surface area contributed by atoms with Crippen molar-refractivity contribution in [3.05, 3.63) is 58.4 Å². The summed E-state index contributed by atoms with van der Waals surface area (Å²) in [4.78, 5) is 24.9. The third-order valence-electron chi connectivity index (χ3n) is 2.45. The molecule has 2 aromatic rings. The summed E-state index contributed by atoms with van der Waals surface area (Å²) >= 11 is 5.76. The maximum atomic E-state index is 11.7. The van der Waals surface area contributed by atoms with Crippen LogP contribution in [-0.4, -0.2) is 17.2 Å². The quantitative estimate of drug-likeness (QED) is 0.831. The number of carbonyl (C=O) groups excluding carboxylic acids is 2. The molecule has 0 aliphatic rings. The molecule has 0 atom stereocenters. The van der Waals surface area contributed by atoms with Crippen LogP contribution in [0.1, 0.15) is 26.5 Å². The maximum absolute atomic E-state index is 11.7. The summed E-state index contributed by atoms with van der Waals surface area (Å²) in [5.74, 6) is -0.252. The van der Waals surface area contributed by atoms with Crippen LogP contribution in [0.25, 0.3) is 0 Å². The fraction of sp³-hybridized carbons (Fsp3) is 0.0769. The summed E-state index contributed by atoms with van der Waals surface area (Å²) in [5, 5.41) is 3.40. The number of H-pyrrole nitrogens is 1. The van der Waals surface area contributed by atoms with Crippen LogP contribution >= 0.6 is 11.6 Å². The fourth-order valence-corrected chi connectivity index (χ4v) is 1.62. The molecule has 2 rings (SSSR count). The first-order valence-electron chi connectivity index (χ1n) is 5.36. The normalized spacial score (nSPS) is 10.1. The average Bonchev–Trinajstić information content (AvgIpc) is 2.86. The first-order chi connectivity index (χ1) is 8.69. The number of amides is 1. The Kier molecular flexibility index (Phi) is 3.79. The van der Waals surface area contributed by atoms with E-state index in [1.54, 1.807) is 24.3 Å². The molecule has 0 saturated heterocycles. The van der Waals surface area contributed by atoms with Crippen molar-refractivity contribution in [2.75, 3.05) is 0 Å². The van der Waals surface area contributed by atoms with E-state index in [2.05, 4.69) is 10.3 Å². The maximum Gasteiger partial charge on any atom is 0.267 e. The third-order valence-corrected chi connectivity index (χ3v) is 2.70. The molecular weight excluding hydrogens is 252 g/mol. The minimum absolute atomic E-state index is 0.252. The van der Waals surface area contributed by atoms with Gasteiger partial charge in [-0.05, 0) is 29.8 Å². The van der Waals surface area contributed by atoms with Crippen molar-refractivity contribution in [1.82, 2.24) is 10.3 Å². The summed E-state index contributed by atoms with van der Waals surface area (Å²) in [6, 6.07) is 10.3. The van der Waals surface area contributed by atoms with Crippen LogP contribution in [0.4, 0.5) is 0 Å². The number of hydrogen-bond acceptors (Lipinski definition) is 2. The minimum Gasteiger partial charge on any atom is -0.348 e. The number of nitrogens with one attached hydrogen (secondary N) is 2. The molecule has 18 heavy (non-hydrogen) atoms. The number of rotatable bonds is 4. The molecule has 1 amide bonds. The standard InChI is InChI=1S/C13H11ClN2O2/c14-10-3-1-9(2-4-10)7-15-13(18)12-6-5-11(8-17)16-12/h1-6,8,16H,7H2,(H,15,18). The minimum atomic E-state index is -0.252. The summed E-state index contributed by atoms with van der Waals surface area (Å²) in [6.45, 7) is 0.408.